The van der Waals surface area contributed by atoms with Crippen molar-refractivity contribution < 1.29 is 26.4 Å². The van der Waals surface area contributed by atoms with Gasteiger partial charge >= 0.3 is 6.18 Å². The molecule has 0 radical (unpaired) electrons. The van der Waals surface area contributed by atoms with Gasteiger partial charge in [0.2, 0.25) is 0 Å². The van der Waals surface area contributed by atoms with Crippen molar-refractivity contribution in [2.75, 3.05) is 6.26 Å². The number of sulfone groups is 1. The van der Waals surface area contributed by atoms with Gasteiger partial charge in [-0.15, -0.1) is 11.3 Å². The standard InChI is InChI=1S/C22H16F3N3O3S2/c1-13(29)17-12-18(28(27-17)21-16(22(23,24)25)7-4-10-26-21)20-9-8-19(32-20)14-5-3-6-15(11-14)33(2,30)31/h3-12H,1-2H3. The van der Waals surface area contributed by atoms with Gasteiger partial charge in [0.25, 0.3) is 0 Å². The first-order valence-corrected chi connectivity index (χ1v) is 12.2. The summed E-state index contributed by atoms with van der Waals surface area (Å²) in [6.45, 7) is 1.27. The summed E-state index contributed by atoms with van der Waals surface area (Å²) in [4.78, 5) is 17.2. The number of pyridine rings is 1. The number of hydrogen-bond donors (Lipinski definition) is 0. The number of rotatable bonds is 5. The molecule has 33 heavy (non-hydrogen) atoms. The van der Waals surface area contributed by atoms with Crippen molar-refractivity contribution in [2.24, 2.45) is 0 Å². The van der Waals surface area contributed by atoms with Crippen molar-refractivity contribution in [1.82, 2.24) is 14.8 Å². The Hall–Kier alpha value is -3.31. The fourth-order valence-corrected chi connectivity index (χ4v) is 4.86. The number of carbonyl (C=O) groups excluding carboxylic acids is 1. The molecule has 0 N–H and O–H groups in total. The maximum Gasteiger partial charge on any atom is 0.420 e. The summed E-state index contributed by atoms with van der Waals surface area (Å²) in [5.74, 6) is -0.848. The molecule has 0 saturated carbocycles. The number of hydrogen-bond acceptors (Lipinski definition) is 6. The molecule has 0 bridgehead atoms. The molecular weight excluding hydrogens is 475 g/mol. The van der Waals surface area contributed by atoms with Crippen LogP contribution in [0.25, 0.3) is 26.8 Å². The number of aromatic nitrogens is 3. The number of nitrogens with zero attached hydrogens (tertiary/aromatic N) is 3. The minimum atomic E-state index is -4.67. The van der Waals surface area contributed by atoms with Crippen LogP contribution < -0.4 is 0 Å². The Balaban J connectivity index is 1.86. The Kier molecular flexibility index (Phi) is 5.71. The van der Waals surface area contributed by atoms with Crippen LogP contribution in [0.4, 0.5) is 13.2 Å². The summed E-state index contributed by atoms with van der Waals surface area (Å²) in [6.07, 6.45) is -2.34. The van der Waals surface area contributed by atoms with Crippen molar-refractivity contribution in [3.8, 4) is 26.8 Å². The lowest BCUT2D eigenvalue weighted by Gasteiger charge is -2.13. The monoisotopic (exact) mass is 491 g/mol. The smallest absolute Gasteiger partial charge is 0.293 e. The van der Waals surface area contributed by atoms with Gasteiger partial charge in [0, 0.05) is 24.3 Å². The van der Waals surface area contributed by atoms with Crippen LogP contribution in [0, 0.1) is 0 Å². The molecule has 1 aromatic carbocycles. The molecule has 0 fully saturated rings. The summed E-state index contributed by atoms with van der Waals surface area (Å²) in [6, 6.07) is 13.3. The summed E-state index contributed by atoms with van der Waals surface area (Å²) in [7, 11) is -3.41. The van der Waals surface area contributed by atoms with Crippen molar-refractivity contribution in [3.63, 3.8) is 0 Å². The number of ketones is 1. The molecule has 170 valence electrons. The third kappa shape index (κ3) is 4.60. The lowest BCUT2D eigenvalue weighted by atomic mass is 10.2. The quantitative estimate of drug-likeness (QED) is 0.355. The molecule has 11 heteroatoms. The zero-order valence-electron chi connectivity index (χ0n) is 17.3. The molecular formula is C22H16F3N3O3S2. The summed E-state index contributed by atoms with van der Waals surface area (Å²) >= 11 is 1.23. The number of benzene rings is 1. The second-order valence-corrected chi connectivity index (χ2v) is 10.3. The van der Waals surface area contributed by atoms with E-state index >= 15 is 0 Å². The van der Waals surface area contributed by atoms with Crippen LogP contribution >= 0.6 is 11.3 Å². The molecule has 0 aliphatic rings. The number of alkyl halides is 3. The Bertz CT molecular complexity index is 1470. The first kappa shape index (κ1) is 22.9. The highest BCUT2D eigenvalue weighted by atomic mass is 32.2. The number of thiophene rings is 1. The molecule has 0 aliphatic heterocycles. The van der Waals surface area contributed by atoms with Gasteiger partial charge in [0.15, 0.2) is 21.4 Å². The van der Waals surface area contributed by atoms with E-state index in [1.54, 1.807) is 24.3 Å². The maximum atomic E-state index is 13.6. The van der Waals surface area contributed by atoms with Gasteiger partial charge in [0.1, 0.15) is 11.3 Å². The van der Waals surface area contributed by atoms with Gasteiger partial charge in [-0.05, 0) is 48.0 Å². The van der Waals surface area contributed by atoms with Crippen molar-refractivity contribution in [3.05, 3.63) is 72.1 Å². The maximum absolute atomic E-state index is 13.6. The summed E-state index contributed by atoms with van der Waals surface area (Å²) in [5, 5.41) is 4.09. The molecule has 6 nitrogen and oxygen atoms in total. The Morgan fingerprint density at radius 3 is 2.42 bits per heavy atom. The molecule has 0 atom stereocenters. The van der Waals surface area contributed by atoms with E-state index in [9.17, 15) is 26.4 Å². The molecule has 0 amide bonds. The highest BCUT2D eigenvalue weighted by Gasteiger charge is 2.35. The summed E-state index contributed by atoms with van der Waals surface area (Å²) in [5.41, 5.74) is -0.0827. The Morgan fingerprint density at radius 1 is 1.03 bits per heavy atom. The van der Waals surface area contributed by atoms with Crippen LogP contribution in [-0.2, 0) is 16.0 Å². The third-order valence-corrected chi connectivity index (χ3v) is 7.03. The molecule has 4 aromatic rings. The van der Waals surface area contributed by atoms with E-state index in [1.165, 1.54) is 48.7 Å². The topological polar surface area (TPSA) is 81.9 Å². The van der Waals surface area contributed by atoms with Gasteiger partial charge < -0.3 is 0 Å². The molecule has 0 spiro atoms. The predicted octanol–water partition coefficient (Wildman–Crippen LogP) is 5.29. The van der Waals surface area contributed by atoms with Crippen LogP contribution in [-0.4, -0.2) is 35.2 Å². The number of carbonyl (C=O) groups is 1. The van der Waals surface area contributed by atoms with E-state index < -0.39 is 33.2 Å². The second kappa shape index (κ2) is 8.23. The van der Waals surface area contributed by atoms with Crippen molar-refractivity contribution in [2.45, 2.75) is 18.0 Å². The molecule has 3 heterocycles. The minimum Gasteiger partial charge on any atom is -0.293 e. The average Bonchev–Trinajstić information content (AvgIpc) is 3.40. The predicted molar refractivity (Wildman–Crippen MR) is 118 cm³/mol. The zero-order chi connectivity index (χ0) is 24.0. The molecule has 0 unspecified atom stereocenters. The van der Waals surface area contributed by atoms with Gasteiger partial charge in [-0.2, -0.15) is 18.3 Å². The van der Waals surface area contributed by atoms with E-state index in [1.807, 2.05) is 0 Å². The van der Waals surface area contributed by atoms with Crippen LogP contribution in [0.5, 0.6) is 0 Å². The van der Waals surface area contributed by atoms with Crippen molar-refractivity contribution >= 4 is 27.0 Å². The Morgan fingerprint density at radius 2 is 1.76 bits per heavy atom. The van der Waals surface area contributed by atoms with E-state index in [0.29, 0.717) is 15.3 Å². The fourth-order valence-electron chi connectivity index (χ4n) is 3.19. The minimum absolute atomic E-state index is 0.00204. The van der Waals surface area contributed by atoms with E-state index in [-0.39, 0.29) is 16.3 Å². The first-order valence-electron chi connectivity index (χ1n) is 9.49. The third-order valence-electron chi connectivity index (χ3n) is 4.77. The fraction of sp³-hybridized carbons (Fsp3) is 0.136. The molecule has 4 rings (SSSR count). The lowest BCUT2D eigenvalue weighted by molar-refractivity contribution is -0.137. The first-order chi connectivity index (χ1) is 15.4. The van der Waals surface area contributed by atoms with E-state index in [4.69, 9.17) is 0 Å². The highest BCUT2D eigenvalue weighted by molar-refractivity contribution is 7.90. The average molecular weight is 492 g/mol. The molecule has 3 aromatic heterocycles. The highest BCUT2D eigenvalue weighted by Crippen LogP contribution is 2.38. The van der Waals surface area contributed by atoms with E-state index in [2.05, 4.69) is 10.1 Å². The van der Waals surface area contributed by atoms with Gasteiger partial charge in [-0.1, -0.05) is 12.1 Å². The van der Waals surface area contributed by atoms with Crippen molar-refractivity contribution in [1.29, 1.82) is 0 Å². The SMILES string of the molecule is CC(=O)c1cc(-c2ccc(-c3cccc(S(C)(=O)=O)c3)s2)n(-c2ncccc2C(F)(F)F)n1. The normalized spacial score (nSPS) is 12.2. The second-order valence-electron chi connectivity index (χ2n) is 7.22. The van der Waals surface area contributed by atoms with Crippen LogP contribution in [0.15, 0.2) is 65.7 Å². The van der Waals surface area contributed by atoms with Crippen LogP contribution in [0.2, 0.25) is 0 Å². The van der Waals surface area contributed by atoms with Crippen LogP contribution in [0.1, 0.15) is 23.0 Å². The zero-order valence-corrected chi connectivity index (χ0v) is 18.9. The summed E-state index contributed by atoms with van der Waals surface area (Å²) < 4.78 is 65.6. The van der Waals surface area contributed by atoms with Gasteiger partial charge in [0.05, 0.1) is 15.5 Å². The van der Waals surface area contributed by atoms with E-state index in [0.717, 1.165) is 17.0 Å². The largest absolute Gasteiger partial charge is 0.420 e. The molecule has 0 saturated heterocycles. The lowest BCUT2D eigenvalue weighted by Crippen LogP contribution is -2.14. The van der Waals surface area contributed by atoms with Gasteiger partial charge in [-0.3, -0.25) is 4.79 Å². The Labute approximate surface area is 191 Å². The number of halogens is 3. The van der Waals surface area contributed by atoms with Gasteiger partial charge in [-0.25, -0.2) is 18.1 Å². The molecule has 0 aliphatic carbocycles. The number of Topliss-reactive ketones (excluding diaryl/α,β-unsaturated/α-hetero) is 1. The van der Waals surface area contributed by atoms with Crippen LogP contribution in [0.3, 0.4) is 0 Å².